The van der Waals surface area contributed by atoms with Crippen LogP contribution in [-0.4, -0.2) is 51.7 Å². The van der Waals surface area contributed by atoms with Crippen LogP contribution in [0.1, 0.15) is 30.2 Å². The Morgan fingerprint density at radius 2 is 1.95 bits per heavy atom. The lowest BCUT2D eigenvalue weighted by Gasteiger charge is -2.44. The smallest absolute Gasteiger partial charge is 0.338 e. The number of ether oxygens (including phenoxy) is 1. The van der Waals surface area contributed by atoms with Gasteiger partial charge < -0.3 is 20.1 Å². The van der Waals surface area contributed by atoms with Gasteiger partial charge in [-0.2, -0.15) is 0 Å². The number of carbonyl (C=O) groups is 3. The van der Waals surface area contributed by atoms with E-state index in [0.717, 1.165) is 22.2 Å². The van der Waals surface area contributed by atoms with Crippen molar-refractivity contribution in [3.8, 4) is 0 Å². The molecule has 5 heterocycles. The normalized spacial score (nSPS) is 25.4. The predicted octanol–water partition coefficient (Wildman–Crippen LogP) is 3.46. The maximum atomic E-state index is 13.7. The van der Waals surface area contributed by atoms with Gasteiger partial charge in [-0.1, -0.05) is 49.4 Å². The van der Waals surface area contributed by atoms with Crippen LogP contribution in [0.3, 0.4) is 0 Å². The first-order valence-corrected chi connectivity index (χ1v) is 12.9. The van der Waals surface area contributed by atoms with Gasteiger partial charge in [0.1, 0.15) is 6.61 Å². The number of aromatic nitrogens is 1. The number of pyridine rings is 1. The molecule has 0 radical (unpaired) electrons. The van der Waals surface area contributed by atoms with Crippen LogP contribution in [0.5, 0.6) is 0 Å². The third kappa shape index (κ3) is 3.08. The van der Waals surface area contributed by atoms with Crippen LogP contribution in [0.25, 0.3) is 16.6 Å². The van der Waals surface area contributed by atoms with E-state index in [1.54, 1.807) is 16.7 Å². The second-order valence-corrected chi connectivity index (χ2v) is 10.3. The molecule has 0 saturated carbocycles. The third-order valence-corrected chi connectivity index (χ3v) is 8.35. The van der Waals surface area contributed by atoms with Crippen molar-refractivity contribution in [2.24, 2.45) is 11.8 Å². The Labute approximate surface area is 218 Å². The number of nitrogens with zero attached hydrogens (tertiary/aromatic N) is 3. The molecule has 1 aromatic heterocycles. The maximum Gasteiger partial charge on any atom is 0.338 e. The van der Waals surface area contributed by atoms with Crippen LogP contribution in [-0.2, 0) is 27.3 Å². The molecule has 3 amide bonds. The maximum absolute atomic E-state index is 13.7. The molecule has 2 N–H and O–H groups in total. The average molecular weight is 511 g/mol. The zero-order valence-electron chi connectivity index (χ0n) is 20.8. The summed E-state index contributed by atoms with van der Waals surface area (Å²) in [6, 6.07) is 15.4. The number of aliphatic hydroxyl groups is 1. The molecule has 7 rings (SSSR count). The summed E-state index contributed by atoms with van der Waals surface area (Å²) in [5.41, 5.74) is 3.45. The lowest BCUT2D eigenvalue weighted by molar-refractivity contribution is -0.190. The fourth-order valence-electron chi connectivity index (χ4n) is 6.31. The summed E-state index contributed by atoms with van der Waals surface area (Å²) in [7, 11) is 0. The first-order valence-electron chi connectivity index (χ1n) is 12.9. The van der Waals surface area contributed by atoms with Crippen molar-refractivity contribution in [1.82, 2.24) is 9.88 Å². The van der Waals surface area contributed by atoms with Crippen molar-refractivity contribution >= 4 is 45.9 Å². The Bertz CT molecular complexity index is 1570. The number of fused-ring (bicyclic) bond motifs is 5. The Kier molecular flexibility index (Phi) is 4.90. The molecule has 0 spiro atoms. The molecule has 38 heavy (non-hydrogen) atoms. The fraction of sp³-hybridized carbons (Fsp3) is 0.310. The first kappa shape index (κ1) is 22.9. The number of urea groups is 1. The number of nitrogens with one attached hydrogen (secondary N) is 1. The highest BCUT2D eigenvalue weighted by Crippen LogP contribution is 2.50. The summed E-state index contributed by atoms with van der Waals surface area (Å²) in [4.78, 5) is 48.0. The second kappa shape index (κ2) is 8.13. The molecule has 9 nitrogen and oxygen atoms in total. The van der Waals surface area contributed by atoms with E-state index in [0.29, 0.717) is 35.6 Å². The summed E-state index contributed by atoms with van der Waals surface area (Å²) in [5.74, 6) is -2.30. The molecular formula is C29H26N4O5. The van der Waals surface area contributed by atoms with Crippen molar-refractivity contribution in [2.45, 2.75) is 31.9 Å². The van der Waals surface area contributed by atoms with Gasteiger partial charge in [0.2, 0.25) is 5.91 Å². The lowest BCUT2D eigenvalue weighted by atomic mass is 9.72. The topological polar surface area (TPSA) is 112 Å². The third-order valence-electron chi connectivity index (χ3n) is 8.35. The Morgan fingerprint density at radius 3 is 2.74 bits per heavy atom. The highest BCUT2D eigenvalue weighted by Gasteiger charge is 2.57. The van der Waals surface area contributed by atoms with Crippen molar-refractivity contribution < 1.29 is 24.2 Å². The number of esters is 1. The second-order valence-electron chi connectivity index (χ2n) is 10.3. The van der Waals surface area contributed by atoms with Crippen LogP contribution < -0.4 is 10.2 Å². The Balaban J connectivity index is 1.39. The standard InChI is InChI=1S/C29H26N4O5/c1-2-29(37)19-13-22-24-17(14-33(22)26(34)18(19)15-38-27(29)35)25-23-20(30-24)9-6-10-21(23)31-28(36)32(25)12-11-16-7-4-3-5-8-16/h3-10,13,18-19,37H,2,11-12,14-15H2,1H3,(H,31,36)/t18?,19?,29-/m0/s1. The minimum Gasteiger partial charge on any atom is -0.463 e. The zero-order valence-corrected chi connectivity index (χ0v) is 20.8. The largest absolute Gasteiger partial charge is 0.463 e. The molecule has 3 atom stereocenters. The van der Waals surface area contributed by atoms with E-state index < -0.39 is 23.4 Å². The number of rotatable bonds is 4. The van der Waals surface area contributed by atoms with Crippen LogP contribution in [0.2, 0.25) is 0 Å². The molecule has 2 unspecified atom stereocenters. The molecule has 4 aliphatic rings. The van der Waals surface area contributed by atoms with Gasteiger partial charge in [-0.3, -0.25) is 9.69 Å². The van der Waals surface area contributed by atoms with Crippen LogP contribution in [0.4, 0.5) is 16.2 Å². The predicted molar refractivity (Wildman–Crippen MR) is 140 cm³/mol. The van der Waals surface area contributed by atoms with Crippen molar-refractivity contribution in [1.29, 1.82) is 0 Å². The van der Waals surface area contributed by atoms with Gasteiger partial charge in [-0.15, -0.1) is 0 Å². The number of benzene rings is 2. The van der Waals surface area contributed by atoms with Gasteiger partial charge in [0.05, 0.1) is 40.7 Å². The number of hydrogen-bond acceptors (Lipinski definition) is 6. The number of cyclic esters (lactones) is 1. The summed E-state index contributed by atoms with van der Waals surface area (Å²) < 4.78 is 5.25. The molecule has 0 aliphatic carbocycles. The molecule has 4 aliphatic heterocycles. The van der Waals surface area contributed by atoms with Gasteiger partial charge in [-0.05, 0) is 30.5 Å². The van der Waals surface area contributed by atoms with E-state index in [2.05, 4.69) is 5.32 Å². The SMILES string of the molecule is CC[C@@]1(O)C(=O)OCC2C(=O)N3Cc4c(nc5cccc6c5c4N(CCc4ccccc4)C(=O)N6)C3=CC21. The van der Waals surface area contributed by atoms with E-state index in [4.69, 9.17) is 9.72 Å². The number of carbonyl (C=O) groups excluding carboxylic acids is 3. The molecule has 1 saturated heterocycles. The molecule has 1 fully saturated rings. The molecule has 2 aromatic carbocycles. The minimum atomic E-state index is -1.78. The van der Waals surface area contributed by atoms with E-state index in [1.807, 2.05) is 54.6 Å². The van der Waals surface area contributed by atoms with Gasteiger partial charge in [0.15, 0.2) is 5.60 Å². The molecule has 3 aromatic rings. The van der Waals surface area contributed by atoms with E-state index >= 15 is 0 Å². The fourth-order valence-corrected chi connectivity index (χ4v) is 6.31. The highest BCUT2D eigenvalue weighted by atomic mass is 16.6. The summed E-state index contributed by atoms with van der Waals surface area (Å²) in [5, 5.41) is 15.1. The summed E-state index contributed by atoms with van der Waals surface area (Å²) in [6.07, 6.45) is 2.60. The van der Waals surface area contributed by atoms with Gasteiger partial charge in [0, 0.05) is 23.4 Å². The van der Waals surface area contributed by atoms with Gasteiger partial charge in [-0.25, -0.2) is 14.6 Å². The first-order chi connectivity index (χ1) is 18.4. The Hall–Kier alpha value is -4.24. The van der Waals surface area contributed by atoms with Crippen LogP contribution >= 0.6 is 0 Å². The summed E-state index contributed by atoms with van der Waals surface area (Å²) >= 11 is 0. The summed E-state index contributed by atoms with van der Waals surface area (Å²) in [6.45, 7) is 2.34. The molecule has 192 valence electrons. The van der Waals surface area contributed by atoms with E-state index in [-0.39, 0.29) is 31.5 Å². The zero-order chi connectivity index (χ0) is 26.2. The molecule has 9 heteroatoms. The quantitative estimate of drug-likeness (QED) is 0.520. The van der Waals surface area contributed by atoms with Gasteiger partial charge in [0.25, 0.3) is 0 Å². The lowest BCUT2D eigenvalue weighted by Crippen LogP contribution is -2.58. The van der Waals surface area contributed by atoms with Crippen LogP contribution in [0, 0.1) is 11.8 Å². The number of amides is 3. The minimum absolute atomic E-state index is 0.0702. The van der Waals surface area contributed by atoms with Crippen molar-refractivity contribution in [2.75, 3.05) is 23.4 Å². The highest BCUT2D eigenvalue weighted by molar-refractivity contribution is 6.19. The molecule has 0 bridgehead atoms. The van der Waals surface area contributed by atoms with Crippen molar-refractivity contribution in [3.63, 3.8) is 0 Å². The van der Waals surface area contributed by atoms with Crippen molar-refractivity contribution in [3.05, 3.63) is 71.4 Å². The Morgan fingerprint density at radius 1 is 1.13 bits per heavy atom. The van der Waals surface area contributed by atoms with Gasteiger partial charge >= 0.3 is 12.0 Å². The van der Waals surface area contributed by atoms with E-state index in [1.165, 1.54) is 0 Å². The van der Waals surface area contributed by atoms with Crippen LogP contribution in [0.15, 0.2) is 54.6 Å². The van der Waals surface area contributed by atoms with E-state index in [9.17, 15) is 19.5 Å². The monoisotopic (exact) mass is 510 g/mol. The number of anilines is 2. The molecular weight excluding hydrogens is 484 g/mol. The number of hydrogen-bond donors (Lipinski definition) is 2. The average Bonchev–Trinajstić information content (AvgIpc) is 3.30.